The Hall–Kier alpha value is -1.93. The van der Waals surface area contributed by atoms with Crippen molar-refractivity contribution in [1.82, 2.24) is 20.5 Å². The van der Waals surface area contributed by atoms with Gasteiger partial charge in [0.05, 0.1) is 6.20 Å². The van der Waals surface area contributed by atoms with Gasteiger partial charge in [-0.2, -0.15) is 5.10 Å². The number of aromatic nitrogens is 3. The van der Waals surface area contributed by atoms with E-state index in [1.165, 1.54) is 17.5 Å². The number of carbonyl (C=O) groups excluding carboxylic acids is 1. The summed E-state index contributed by atoms with van der Waals surface area (Å²) in [4.78, 5) is 17.2. The molecular weight excluding hydrogens is 381 g/mol. The number of halogens is 2. The molecule has 4 N–H and O–H groups in total. The van der Waals surface area contributed by atoms with E-state index in [0.717, 1.165) is 5.56 Å². The first-order valence-electron chi connectivity index (χ1n) is 7.47. The van der Waals surface area contributed by atoms with Gasteiger partial charge in [0, 0.05) is 28.8 Å². The van der Waals surface area contributed by atoms with E-state index in [4.69, 9.17) is 28.9 Å². The lowest BCUT2D eigenvalue weighted by Gasteiger charge is -2.17. The number of hydrogen-bond donors (Lipinski definition) is 3. The van der Waals surface area contributed by atoms with Crippen molar-refractivity contribution in [2.75, 3.05) is 6.54 Å². The van der Waals surface area contributed by atoms with Gasteiger partial charge in [0.15, 0.2) is 0 Å². The largest absolute Gasteiger partial charge is 0.347 e. The number of nitrogens with two attached hydrogens (primary N) is 1. The normalized spacial score (nSPS) is 12.1. The molecule has 0 unspecified atom stereocenters. The number of carbonyl (C=O) groups is 1. The highest BCUT2D eigenvalue weighted by atomic mass is 35.5. The van der Waals surface area contributed by atoms with Crippen LogP contribution in [0.3, 0.4) is 0 Å². The highest BCUT2D eigenvalue weighted by Crippen LogP contribution is 2.24. The molecule has 3 aromatic rings. The van der Waals surface area contributed by atoms with E-state index in [1.807, 2.05) is 6.07 Å². The number of benzene rings is 1. The van der Waals surface area contributed by atoms with E-state index in [2.05, 4.69) is 20.5 Å². The molecule has 1 amide bonds. The SMILES string of the molecule is NC[C@H](Cc1ccc(Cl)cc1Cl)NC(=O)c1cnc(-c2cc[nH]n2)s1. The van der Waals surface area contributed by atoms with Gasteiger partial charge in [-0.15, -0.1) is 11.3 Å². The second-order valence-electron chi connectivity index (χ2n) is 5.34. The maximum absolute atomic E-state index is 12.4. The molecule has 0 fully saturated rings. The van der Waals surface area contributed by atoms with Crippen molar-refractivity contribution < 1.29 is 4.79 Å². The number of amides is 1. The Bertz CT molecular complexity index is 865. The Morgan fingerprint density at radius 1 is 1.36 bits per heavy atom. The molecule has 2 aromatic heterocycles. The summed E-state index contributed by atoms with van der Waals surface area (Å²) in [7, 11) is 0. The number of hydrogen-bond acceptors (Lipinski definition) is 5. The zero-order valence-electron chi connectivity index (χ0n) is 13.0. The molecule has 0 radical (unpaired) electrons. The van der Waals surface area contributed by atoms with Crippen LogP contribution in [-0.4, -0.2) is 33.7 Å². The molecule has 0 bridgehead atoms. The van der Waals surface area contributed by atoms with E-state index < -0.39 is 0 Å². The van der Waals surface area contributed by atoms with Crippen molar-refractivity contribution in [1.29, 1.82) is 0 Å². The van der Waals surface area contributed by atoms with E-state index in [-0.39, 0.29) is 18.5 Å². The molecule has 0 spiro atoms. The van der Waals surface area contributed by atoms with Crippen molar-refractivity contribution in [3.63, 3.8) is 0 Å². The maximum atomic E-state index is 12.4. The van der Waals surface area contributed by atoms with Crippen LogP contribution in [0.15, 0.2) is 36.7 Å². The van der Waals surface area contributed by atoms with Crippen molar-refractivity contribution in [2.24, 2.45) is 5.73 Å². The summed E-state index contributed by atoms with van der Waals surface area (Å²) in [6, 6.07) is 6.82. The van der Waals surface area contributed by atoms with Gasteiger partial charge in [-0.25, -0.2) is 4.98 Å². The number of aromatic amines is 1. The average Bonchev–Trinajstić information content (AvgIpc) is 3.27. The fourth-order valence-corrected chi connectivity index (χ4v) is 3.55. The molecule has 130 valence electrons. The minimum atomic E-state index is -0.248. The number of rotatable bonds is 6. The van der Waals surface area contributed by atoms with Crippen LogP contribution < -0.4 is 11.1 Å². The van der Waals surface area contributed by atoms with Crippen molar-refractivity contribution in [3.8, 4) is 10.7 Å². The van der Waals surface area contributed by atoms with Gasteiger partial charge in [0.1, 0.15) is 15.6 Å². The first-order valence-corrected chi connectivity index (χ1v) is 9.05. The lowest BCUT2D eigenvalue weighted by atomic mass is 10.1. The lowest BCUT2D eigenvalue weighted by Crippen LogP contribution is -2.41. The number of thiazole rings is 1. The number of nitrogens with one attached hydrogen (secondary N) is 2. The standard InChI is InChI=1S/C16H15Cl2N5OS/c17-10-2-1-9(12(18)6-10)5-11(7-19)22-15(24)14-8-20-16(25-14)13-3-4-21-23-13/h1-4,6,8,11H,5,7,19H2,(H,21,23)(H,22,24)/t11-/m0/s1. The smallest absolute Gasteiger partial charge is 0.263 e. The molecule has 2 heterocycles. The predicted octanol–water partition coefficient (Wildman–Crippen LogP) is 3.14. The molecule has 1 aromatic carbocycles. The minimum Gasteiger partial charge on any atom is -0.347 e. The van der Waals surface area contributed by atoms with Gasteiger partial charge in [0.25, 0.3) is 5.91 Å². The summed E-state index contributed by atoms with van der Waals surface area (Å²) < 4.78 is 0. The van der Waals surface area contributed by atoms with Gasteiger partial charge in [0.2, 0.25) is 0 Å². The summed E-state index contributed by atoms with van der Waals surface area (Å²) in [6.45, 7) is 0.287. The monoisotopic (exact) mass is 395 g/mol. The average molecular weight is 396 g/mol. The van der Waals surface area contributed by atoms with Crippen LogP contribution in [0, 0.1) is 0 Å². The molecule has 25 heavy (non-hydrogen) atoms. The first-order chi connectivity index (χ1) is 12.1. The number of H-pyrrole nitrogens is 1. The van der Waals surface area contributed by atoms with Crippen LogP contribution >= 0.6 is 34.5 Å². The van der Waals surface area contributed by atoms with Crippen molar-refractivity contribution in [2.45, 2.75) is 12.5 Å². The summed E-state index contributed by atoms with van der Waals surface area (Å²) in [5, 5.41) is 11.5. The highest BCUT2D eigenvalue weighted by Gasteiger charge is 2.17. The summed E-state index contributed by atoms with van der Waals surface area (Å²) in [5.41, 5.74) is 7.38. The molecule has 0 aliphatic rings. The van der Waals surface area contributed by atoms with E-state index in [1.54, 1.807) is 24.4 Å². The highest BCUT2D eigenvalue weighted by molar-refractivity contribution is 7.16. The van der Waals surface area contributed by atoms with Crippen LogP contribution in [0.25, 0.3) is 10.7 Å². The topological polar surface area (TPSA) is 96.7 Å². The minimum absolute atomic E-state index is 0.222. The molecule has 9 heteroatoms. The fraction of sp³-hybridized carbons (Fsp3) is 0.188. The summed E-state index contributed by atoms with van der Waals surface area (Å²) >= 11 is 13.4. The van der Waals surface area contributed by atoms with E-state index >= 15 is 0 Å². The third-order valence-corrected chi connectivity index (χ3v) is 5.16. The lowest BCUT2D eigenvalue weighted by molar-refractivity contribution is 0.0942. The molecule has 0 saturated carbocycles. The molecule has 1 atom stereocenters. The van der Waals surface area contributed by atoms with Crippen LogP contribution in [0.1, 0.15) is 15.2 Å². The molecule has 0 aliphatic heterocycles. The Morgan fingerprint density at radius 2 is 2.20 bits per heavy atom. The van der Waals surface area contributed by atoms with Gasteiger partial charge >= 0.3 is 0 Å². The molecular formula is C16H15Cl2N5OS. The predicted molar refractivity (Wildman–Crippen MR) is 100 cm³/mol. The quantitative estimate of drug-likeness (QED) is 0.596. The molecule has 0 saturated heterocycles. The molecule has 6 nitrogen and oxygen atoms in total. The zero-order valence-corrected chi connectivity index (χ0v) is 15.3. The second kappa shape index (κ2) is 7.97. The van der Waals surface area contributed by atoms with Crippen LogP contribution in [0.2, 0.25) is 10.0 Å². The van der Waals surface area contributed by atoms with Crippen LogP contribution in [0.5, 0.6) is 0 Å². The van der Waals surface area contributed by atoms with E-state index in [0.29, 0.717) is 32.0 Å². The van der Waals surface area contributed by atoms with Gasteiger partial charge in [-0.05, 0) is 30.2 Å². The van der Waals surface area contributed by atoms with E-state index in [9.17, 15) is 4.79 Å². The van der Waals surface area contributed by atoms with Gasteiger partial charge < -0.3 is 11.1 Å². The maximum Gasteiger partial charge on any atom is 0.263 e. The van der Waals surface area contributed by atoms with Crippen molar-refractivity contribution >= 4 is 40.4 Å². The summed E-state index contributed by atoms with van der Waals surface area (Å²) in [6.07, 6.45) is 3.76. The van der Waals surface area contributed by atoms with Crippen molar-refractivity contribution in [3.05, 3.63) is 57.1 Å². The fourth-order valence-electron chi connectivity index (χ4n) is 2.28. The molecule has 0 aliphatic carbocycles. The van der Waals surface area contributed by atoms with Crippen LogP contribution in [0.4, 0.5) is 0 Å². The van der Waals surface area contributed by atoms with Gasteiger partial charge in [-0.3, -0.25) is 9.89 Å². The Morgan fingerprint density at radius 3 is 2.88 bits per heavy atom. The van der Waals surface area contributed by atoms with Gasteiger partial charge in [-0.1, -0.05) is 29.3 Å². The second-order valence-corrected chi connectivity index (χ2v) is 7.21. The third kappa shape index (κ3) is 4.38. The Balaban J connectivity index is 1.68. The molecule has 3 rings (SSSR count). The Labute approximate surface area is 158 Å². The number of nitrogens with zero attached hydrogens (tertiary/aromatic N) is 2. The Kier molecular flexibility index (Phi) is 5.70. The first kappa shape index (κ1) is 17.9. The zero-order chi connectivity index (χ0) is 17.8. The third-order valence-electron chi connectivity index (χ3n) is 3.55. The summed E-state index contributed by atoms with van der Waals surface area (Å²) in [5.74, 6) is -0.222. The van der Waals surface area contributed by atoms with Crippen LogP contribution in [-0.2, 0) is 6.42 Å².